The van der Waals surface area contributed by atoms with Gasteiger partial charge in [0.05, 0.1) is 18.9 Å². The first-order valence-electron chi connectivity index (χ1n) is 6.99. The van der Waals surface area contributed by atoms with E-state index in [0.29, 0.717) is 21.7 Å². The highest BCUT2D eigenvalue weighted by molar-refractivity contribution is 6.30. The largest absolute Gasteiger partial charge is 0.491 e. The molecule has 3 rings (SSSR count). The van der Waals surface area contributed by atoms with E-state index in [9.17, 15) is 9.90 Å². The van der Waals surface area contributed by atoms with E-state index in [-0.39, 0.29) is 18.7 Å². The lowest BCUT2D eigenvalue weighted by atomic mass is 10.3. The van der Waals surface area contributed by atoms with Gasteiger partial charge in [-0.2, -0.15) is 10.2 Å². The van der Waals surface area contributed by atoms with Gasteiger partial charge in [0.2, 0.25) is 0 Å². The van der Waals surface area contributed by atoms with Gasteiger partial charge in [0, 0.05) is 17.5 Å². The predicted octanol–water partition coefficient (Wildman–Crippen LogP) is 1.22. The molecule has 1 atom stereocenters. The Morgan fingerprint density at radius 3 is 2.70 bits per heavy atom. The predicted molar refractivity (Wildman–Crippen MR) is 85.7 cm³/mol. The lowest BCUT2D eigenvalue weighted by Crippen LogP contribution is -2.27. The van der Waals surface area contributed by atoms with Crippen molar-refractivity contribution in [3.05, 3.63) is 52.0 Å². The summed E-state index contributed by atoms with van der Waals surface area (Å²) in [5, 5.41) is 19.4. The molecule has 1 aromatic carbocycles. The number of aryl methyl sites for hydroxylation is 1. The van der Waals surface area contributed by atoms with E-state index in [1.807, 2.05) is 0 Å². The fraction of sp³-hybridized carbons (Fsp3) is 0.267. The number of hydrogen-bond acceptors (Lipinski definition) is 5. The molecule has 0 amide bonds. The molecule has 3 aromatic rings. The number of benzene rings is 1. The smallest absolute Gasteiger partial charge is 0.292 e. The third kappa shape index (κ3) is 3.35. The third-order valence-corrected chi connectivity index (χ3v) is 3.63. The van der Waals surface area contributed by atoms with Gasteiger partial charge in [-0.3, -0.25) is 9.48 Å². The molecule has 0 saturated heterocycles. The maximum Gasteiger partial charge on any atom is 0.292 e. The SMILES string of the molecule is Cn1ncc2cnn(CC(O)COc3ccc(Cl)cc3)c2c1=O. The Bertz CT molecular complexity index is 873. The van der Waals surface area contributed by atoms with Crippen molar-refractivity contribution in [2.24, 2.45) is 7.05 Å². The van der Waals surface area contributed by atoms with Crippen LogP contribution in [0.15, 0.2) is 41.5 Å². The molecule has 2 heterocycles. The maximum absolute atomic E-state index is 12.1. The quantitative estimate of drug-likeness (QED) is 0.758. The summed E-state index contributed by atoms with van der Waals surface area (Å²) in [6, 6.07) is 6.86. The molecule has 1 N–H and O–H groups in total. The first kappa shape index (κ1) is 15.5. The Morgan fingerprint density at radius 2 is 1.96 bits per heavy atom. The Kier molecular flexibility index (Phi) is 4.31. The summed E-state index contributed by atoms with van der Waals surface area (Å²) >= 11 is 5.80. The number of aromatic nitrogens is 4. The first-order valence-corrected chi connectivity index (χ1v) is 7.36. The van der Waals surface area contributed by atoms with Crippen LogP contribution in [0.25, 0.3) is 10.9 Å². The molecule has 0 aliphatic rings. The van der Waals surface area contributed by atoms with Crippen LogP contribution in [-0.2, 0) is 13.6 Å². The van der Waals surface area contributed by atoms with Crippen LogP contribution >= 0.6 is 11.6 Å². The molecule has 8 heteroatoms. The minimum absolute atomic E-state index is 0.0778. The topological polar surface area (TPSA) is 82.2 Å². The van der Waals surface area contributed by atoms with Gasteiger partial charge in [-0.15, -0.1) is 0 Å². The molecular weight excluding hydrogens is 320 g/mol. The molecule has 0 spiro atoms. The monoisotopic (exact) mass is 334 g/mol. The molecule has 0 radical (unpaired) electrons. The van der Waals surface area contributed by atoms with Gasteiger partial charge >= 0.3 is 0 Å². The van der Waals surface area contributed by atoms with E-state index in [1.54, 1.807) is 43.7 Å². The second-order valence-electron chi connectivity index (χ2n) is 5.12. The van der Waals surface area contributed by atoms with Crippen LogP contribution in [0.2, 0.25) is 5.02 Å². The number of rotatable bonds is 5. The second kappa shape index (κ2) is 6.39. The number of nitrogens with zero attached hydrogens (tertiary/aromatic N) is 4. The lowest BCUT2D eigenvalue weighted by Gasteiger charge is -2.13. The summed E-state index contributed by atoms with van der Waals surface area (Å²) in [5.41, 5.74) is 0.152. The summed E-state index contributed by atoms with van der Waals surface area (Å²) in [6.07, 6.45) is 2.31. The number of fused-ring (bicyclic) bond motifs is 1. The minimum atomic E-state index is -0.813. The van der Waals surface area contributed by atoms with Crippen molar-refractivity contribution in [2.45, 2.75) is 12.6 Å². The average molecular weight is 335 g/mol. The first-order chi connectivity index (χ1) is 11.0. The fourth-order valence-corrected chi connectivity index (χ4v) is 2.32. The van der Waals surface area contributed by atoms with Gasteiger partial charge in [0.15, 0.2) is 0 Å². The van der Waals surface area contributed by atoms with Gasteiger partial charge in [0.1, 0.15) is 24.0 Å². The third-order valence-electron chi connectivity index (χ3n) is 3.37. The summed E-state index contributed by atoms with van der Waals surface area (Å²) < 4.78 is 8.19. The highest BCUT2D eigenvalue weighted by Gasteiger charge is 2.13. The van der Waals surface area contributed by atoms with E-state index in [4.69, 9.17) is 16.3 Å². The second-order valence-corrected chi connectivity index (χ2v) is 5.56. The minimum Gasteiger partial charge on any atom is -0.491 e. The van der Waals surface area contributed by atoms with Gasteiger partial charge in [-0.1, -0.05) is 11.6 Å². The van der Waals surface area contributed by atoms with Crippen LogP contribution in [0, 0.1) is 0 Å². The highest BCUT2D eigenvalue weighted by atomic mass is 35.5. The molecule has 23 heavy (non-hydrogen) atoms. The zero-order chi connectivity index (χ0) is 16.4. The van der Waals surface area contributed by atoms with Crippen molar-refractivity contribution >= 4 is 22.5 Å². The van der Waals surface area contributed by atoms with Crippen LogP contribution in [0.1, 0.15) is 0 Å². The van der Waals surface area contributed by atoms with Crippen molar-refractivity contribution in [1.29, 1.82) is 0 Å². The Hall–Kier alpha value is -2.38. The molecule has 0 aliphatic carbocycles. The standard InChI is InChI=1S/C15H15ClN4O3/c1-19-15(22)14-10(6-17-19)7-18-20(14)8-12(21)9-23-13-4-2-11(16)3-5-13/h2-7,12,21H,8-9H2,1H3. The van der Waals surface area contributed by atoms with Crippen LogP contribution in [0.3, 0.4) is 0 Å². The van der Waals surface area contributed by atoms with Crippen molar-refractivity contribution < 1.29 is 9.84 Å². The van der Waals surface area contributed by atoms with E-state index >= 15 is 0 Å². The van der Waals surface area contributed by atoms with Crippen molar-refractivity contribution in [1.82, 2.24) is 19.6 Å². The number of aliphatic hydroxyl groups excluding tert-OH is 1. The van der Waals surface area contributed by atoms with Crippen LogP contribution in [-0.4, -0.2) is 37.4 Å². The highest BCUT2D eigenvalue weighted by Crippen LogP contribution is 2.16. The van der Waals surface area contributed by atoms with E-state index in [0.717, 1.165) is 0 Å². The Labute approximate surface area is 136 Å². The van der Waals surface area contributed by atoms with Crippen molar-refractivity contribution in [2.75, 3.05) is 6.61 Å². The summed E-state index contributed by atoms with van der Waals surface area (Å²) in [4.78, 5) is 12.1. The molecular formula is C15H15ClN4O3. The number of halogens is 1. The van der Waals surface area contributed by atoms with Crippen LogP contribution < -0.4 is 10.3 Å². The number of hydrogen-bond donors (Lipinski definition) is 1. The summed E-state index contributed by atoms with van der Waals surface area (Å²) in [6.45, 7) is 0.227. The van der Waals surface area contributed by atoms with E-state index in [1.165, 1.54) is 9.36 Å². The zero-order valence-electron chi connectivity index (χ0n) is 12.4. The molecule has 0 fully saturated rings. The van der Waals surface area contributed by atoms with Crippen LogP contribution in [0.4, 0.5) is 0 Å². The van der Waals surface area contributed by atoms with Crippen LogP contribution in [0.5, 0.6) is 5.75 Å². The van der Waals surface area contributed by atoms with Gasteiger partial charge in [-0.25, -0.2) is 4.68 Å². The van der Waals surface area contributed by atoms with Gasteiger partial charge < -0.3 is 9.84 Å². The zero-order valence-corrected chi connectivity index (χ0v) is 13.1. The summed E-state index contributed by atoms with van der Waals surface area (Å²) in [7, 11) is 1.57. The Balaban J connectivity index is 1.70. The Morgan fingerprint density at radius 1 is 1.26 bits per heavy atom. The molecule has 0 saturated carbocycles. The molecule has 120 valence electrons. The number of ether oxygens (including phenoxy) is 1. The fourth-order valence-electron chi connectivity index (χ4n) is 2.20. The molecule has 1 unspecified atom stereocenters. The molecule has 7 nitrogen and oxygen atoms in total. The van der Waals surface area contributed by atoms with E-state index < -0.39 is 6.10 Å². The molecule has 0 aliphatic heterocycles. The average Bonchev–Trinajstić information content (AvgIpc) is 2.94. The number of aliphatic hydroxyl groups is 1. The maximum atomic E-state index is 12.1. The van der Waals surface area contributed by atoms with Crippen molar-refractivity contribution in [3.8, 4) is 5.75 Å². The van der Waals surface area contributed by atoms with Crippen molar-refractivity contribution in [3.63, 3.8) is 0 Å². The normalized spacial score (nSPS) is 12.5. The molecule has 0 bridgehead atoms. The van der Waals surface area contributed by atoms with E-state index in [2.05, 4.69) is 10.2 Å². The lowest BCUT2D eigenvalue weighted by molar-refractivity contribution is 0.0904. The summed E-state index contributed by atoms with van der Waals surface area (Å²) in [5.74, 6) is 0.610. The molecule has 2 aromatic heterocycles. The van der Waals surface area contributed by atoms with Gasteiger partial charge in [0.25, 0.3) is 5.56 Å². The van der Waals surface area contributed by atoms with Gasteiger partial charge in [-0.05, 0) is 24.3 Å².